The van der Waals surface area contributed by atoms with Crippen molar-refractivity contribution < 1.29 is 19.5 Å². The number of hydroxylamine groups is 1. The van der Waals surface area contributed by atoms with Gasteiger partial charge >= 0.3 is 6.03 Å². The number of rotatable bonds is 5. The van der Waals surface area contributed by atoms with Crippen LogP contribution in [0.2, 0.25) is 0 Å². The lowest BCUT2D eigenvalue weighted by atomic mass is 10.0. The second kappa shape index (κ2) is 8.35. The van der Waals surface area contributed by atoms with Crippen molar-refractivity contribution in [2.24, 2.45) is 0 Å². The molecular weight excluding hydrogens is 334 g/mol. The normalized spacial score (nSPS) is 12.9. The van der Waals surface area contributed by atoms with Crippen LogP contribution in [-0.4, -0.2) is 41.7 Å². The van der Waals surface area contributed by atoms with Gasteiger partial charge in [0.2, 0.25) is 0 Å². The van der Waals surface area contributed by atoms with Crippen LogP contribution in [0.15, 0.2) is 48.5 Å². The molecule has 1 aliphatic heterocycles. The number of ether oxygens (including phenoxy) is 1. The molecule has 0 saturated heterocycles. The van der Waals surface area contributed by atoms with Gasteiger partial charge in [-0.05, 0) is 41.8 Å². The Morgan fingerprint density at radius 2 is 1.81 bits per heavy atom. The summed E-state index contributed by atoms with van der Waals surface area (Å²) in [5.41, 5.74) is 4.40. The third-order valence-corrected chi connectivity index (χ3v) is 4.28. The molecular formula is C19H21N3O4. The van der Waals surface area contributed by atoms with Crippen LogP contribution in [0.4, 0.5) is 4.79 Å². The highest BCUT2D eigenvalue weighted by atomic mass is 16.5. The van der Waals surface area contributed by atoms with E-state index in [9.17, 15) is 9.59 Å². The number of fused-ring (bicyclic) bond motifs is 1. The summed E-state index contributed by atoms with van der Waals surface area (Å²) in [4.78, 5) is 25.3. The quantitative estimate of drug-likeness (QED) is 0.434. The number of nitrogens with zero attached hydrogens (tertiary/aromatic N) is 1. The molecule has 0 unspecified atom stereocenters. The number of benzene rings is 2. The van der Waals surface area contributed by atoms with E-state index in [-0.39, 0.29) is 6.03 Å². The highest BCUT2D eigenvalue weighted by molar-refractivity contribution is 5.93. The Balaban J connectivity index is 1.41. The fraction of sp³-hybridized carbons (Fsp3) is 0.263. The maximum atomic E-state index is 12.3. The number of carbonyl (C=O) groups excluding carboxylic acids is 2. The number of urea groups is 1. The minimum absolute atomic E-state index is 0.0990. The van der Waals surface area contributed by atoms with E-state index in [0.29, 0.717) is 37.6 Å². The van der Waals surface area contributed by atoms with Crippen molar-refractivity contribution in [3.63, 3.8) is 0 Å². The Morgan fingerprint density at radius 1 is 1.08 bits per heavy atom. The van der Waals surface area contributed by atoms with Crippen LogP contribution in [0.1, 0.15) is 21.5 Å². The van der Waals surface area contributed by atoms with Crippen LogP contribution < -0.4 is 15.5 Å². The third-order valence-electron chi connectivity index (χ3n) is 4.28. The maximum Gasteiger partial charge on any atom is 0.317 e. The van der Waals surface area contributed by atoms with E-state index in [1.54, 1.807) is 34.6 Å². The van der Waals surface area contributed by atoms with Crippen molar-refractivity contribution in [2.75, 3.05) is 19.7 Å². The Labute approximate surface area is 151 Å². The number of amides is 3. The Bertz CT molecular complexity index is 777. The molecule has 1 heterocycles. The first-order chi connectivity index (χ1) is 12.7. The van der Waals surface area contributed by atoms with E-state index in [4.69, 9.17) is 9.94 Å². The predicted molar refractivity (Wildman–Crippen MR) is 95.1 cm³/mol. The molecule has 136 valence electrons. The minimum Gasteiger partial charge on any atom is -0.492 e. The molecule has 2 aromatic carbocycles. The van der Waals surface area contributed by atoms with Gasteiger partial charge in [0.05, 0.1) is 6.54 Å². The summed E-state index contributed by atoms with van der Waals surface area (Å²) >= 11 is 0. The van der Waals surface area contributed by atoms with Crippen LogP contribution in [-0.2, 0) is 13.0 Å². The molecule has 0 fully saturated rings. The van der Waals surface area contributed by atoms with Crippen LogP contribution >= 0.6 is 0 Å². The van der Waals surface area contributed by atoms with Gasteiger partial charge in [-0.25, -0.2) is 10.3 Å². The van der Waals surface area contributed by atoms with Crippen molar-refractivity contribution >= 4 is 11.9 Å². The summed E-state index contributed by atoms with van der Waals surface area (Å²) in [5.74, 6) is 0.00700. The Morgan fingerprint density at radius 3 is 2.54 bits per heavy atom. The van der Waals surface area contributed by atoms with Crippen LogP contribution in [0.3, 0.4) is 0 Å². The summed E-state index contributed by atoms with van der Waals surface area (Å²) in [6, 6.07) is 14.4. The molecule has 0 bridgehead atoms. The fourth-order valence-electron chi connectivity index (χ4n) is 2.87. The SMILES string of the molecule is O=C(NO)c1ccc(OCCNC(=O)N2CCc3ccccc3C2)cc1. The first-order valence-electron chi connectivity index (χ1n) is 8.44. The number of hydrogen-bond acceptors (Lipinski definition) is 4. The summed E-state index contributed by atoms with van der Waals surface area (Å²) < 4.78 is 5.54. The van der Waals surface area contributed by atoms with Gasteiger partial charge in [-0.2, -0.15) is 0 Å². The lowest BCUT2D eigenvalue weighted by Gasteiger charge is -2.28. The average Bonchev–Trinajstić information content (AvgIpc) is 2.70. The van der Waals surface area contributed by atoms with Crippen molar-refractivity contribution in [1.29, 1.82) is 0 Å². The Kier molecular flexibility index (Phi) is 5.70. The van der Waals surface area contributed by atoms with Crippen LogP contribution in [0, 0.1) is 0 Å². The van der Waals surface area contributed by atoms with Gasteiger partial charge in [-0.1, -0.05) is 24.3 Å². The summed E-state index contributed by atoms with van der Waals surface area (Å²) in [7, 11) is 0. The molecule has 26 heavy (non-hydrogen) atoms. The van der Waals surface area contributed by atoms with Crippen molar-refractivity contribution in [3.8, 4) is 5.75 Å². The van der Waals surface area contributed by atoms with E-state index < -0.39 is 5.91 Å². The number of hydrogen-bond donors (Lipinski definition) is 3. The summed E-state index contributed by atoms with van der Waals surface area (Å²) in [6.07, 6.45) is 0.869. The first-order valence-corrected chi connectivity index (χ1v) is 8.44. The molecule has 0 radical (unpaired) electrons. The van der Waals surface area contributed by atoms with Gasteiger partial charge in [0, 0.05) is 18.7 Å². The molecule has 0 atom stereocenters. The van der Waals surface area contributed by atoms with E-state index in [1.165, 1.54) is 11.1 Å². The first kappa shape index (κ1) is 17.8. The highest BCUT2D eigenvalue weighted by Gasteiger charge is 2.19. The fourth-order valence-corrected chi connectivity index (χ4v) is 2.87. The number of nitrogens with one attached hydrogen (secondary N) is 2. The van der Waals surface area contributed by atoms with Gasteiger partial charge in [0.1, 0.15) is 12.4 Å². The van der Waals surface area contributed by atoms with E-state index in [1.807, 2.05) is 12.1 Å². The van der Waals surface area contributed by atoms with Gasteiger partial charge < -0.3 is 15.0 Å². The van der Waals surface area contributed by atoms with Gasteiger partial charge in [0.15, 0.2) is 0 Å². The monoisotopic (exact) mass is 355 g/mol. The topological polar surface area (TPSA) is 90.9 Å². The average molecular weight is 355 g/mol. The predicted octanol–water partition coefficient (Wildman–Crippen LogP) is 1.95. The van der Waals surface area contributed by atoms with E-state index in [0.717, 1.165) is 6.42 Å². The molecule has 1 aliphatic rings. The Hall–Kier alpha value is -3.06. The van der Waals surface area contributed by atoms with E-state index >= 15 is 0 Å². The second-order valence-electron chi connectivity index (χ2n) is 5.99. The van der Waals surface area contributed by atoms with Crippen molar-refractivity contribution in [2.45, 2.75) is 13.0 Å². The number of carbonyl (C=O) groups is 2. The van der Waals surface area contributed by atoms with Crippen molar-refractivity contribution in [1.82, 2.24) is 15.7 Å². The molecule has 0 spiro atoms. The van der Waals surface area contributed by atoms with Crippen molar-refractivity contribution in [3.05, 3.63) is 65.2 Å². The molecule has 7 heteroatoms. The third kappa shape index (κ3) is 4.31. The van der Waals surface area contributed by atoms with Crippen LogP contribution in [0.25, 0.3) is 0 Å². The summed E-state index contributed by atoms with van der Waals surface area (Å²) in [6.45, 7) is 2.03. The maximum absolute atomic E-state index is 12.3. The summed E-state index contributed by atoms with van der Waals surface area (Å²) in [5, 5.41) is 11.4. The molecule has 0 saturated carbocycles. The largest absolute Gasteiger partial charge is 0.492 e. The molecule has 3 rings (SSSR count). The smallest absolute Gasteiger partial charge is 0.317 e. The standard InChI is InChI=1S/C19H21N3O4/c23-18(21-25)15-5-7-17(8-6-15)26-12-10-20-19(24)22-11-9-14-3-1-2-4-16(14)13-22/h1-8,25H,9-13H2,(H,20,24)(H,21,23). The molecule has 3 N–H and O–H groups in total. The molecule has 3 amide bonds. The molecule has 0 aromatic heterocycles. The highest BCUT2D eigenvalue weighted by Crippen LogP contribution is 2.18. The minimum atomic E-state index is -0.577. The van der Waals surface area contributed by atoms with Gasteiger partial charge in [-0.3, -0.25) is 10.0 Å². The molecule has 0 aliphatic carbocycles. The zero-order chi connectivity index (χ0) is 18.4. The van der Waals surface area contributed by atoms with Crippen LogP contribution in [0.5, 0.6) is 5.75 Å². The molecule has 7 nitrogen and oxygen atoms in total. The lowest BCUT2D eigenvalue weighted by Crippen LogP contribution is -2.43. The van der Waals surface area contributed by atoms with Gasteiger partial charge in [0.25, 0.3) is 5.91 Å². The molecule has 2 aromatic rings. The zero-order valence-electron chi connectivity index (χ0n) is 14.3. The van der Waals surface area contributed by atoms with Gasteiger partial charge in [-0.15, -0.1) is 0 Å². The zero-order valence-corrected chi connectivity index (χ0v) is 14.3. The van der Waals surface area contributed by atoms with E-state index in [2.05, 4.69) is 17.4 Å². The lowest BCUT2D eigenvalue weighted by molar-refractivity contribution is 0.0706. The second-order valence-corrected chi connectivity index (χ2v) is 5.99.